The Balaban J connectivity index is 1.79. The Labute approximate surface area is 236 Å². The van der Waals surface area contributed by atoms with E-state index >= 15 is 0 Å². The quantitative estimate of drug-likeness (QED) is 0.216. The van der Waals surface area contributed by atoms with Gasteiger partial charge in [-0.15, -0.1) is 0 Å². The summed E-state index contributed by atoms with van der Waals surface area (Å²) in [6.07, 6.45) is 4.63. The zero-order valence-corrected chi connectivity index (χ0v) is 24.7. The number of hydrogen-bond acceptors (Lipinski definition) is 8. The first-order chi connectivity index (χ1) is 19.0. The first-order valence-corrected chi connectivity index (χ1v) is 14.9. The van der Waals surface area contributed by atoms with Crippen molar-refractivity contribution >= 4 is 44.2 Å². The average Bonchev–Trinajstić information content (AvgIpc) is 3.33. The van der Waals surface area contributed by atoms with Crippen molar-refractivity contribution in [1.29, 1.82) is 0 Å². The van der Waals surface area contributed by atoms with Gasteiger partial charge in [0, 0.05) is 54.7 Å². The molecule has 0 saturated carbocycles. The molecular weight excluding hydrogens is 552 g/mol. The van der Waals surface area contributed by atoms with Gasteiger partial charge in [0.1, 0.15) is 11.5 Å². The van der Waals surface area contributed by atoms with Gasteiger partial charge in [-0.1, -0.05) is 12.1 Å². The fourth-order valence-electron chi connectivity index (χ4n) is 4.10. The van der Waals surface area contributed by atoms with Gasteiger partial charge < -0.3 is 18.9 Å². The van der Waals surface area contributed by atoms with Crippen LogP contribution in [0.15, 0.2) is 64.8 Å². The summed E-state index contributed by atoms with van der Waals surface area (Å²) in [7, 11) is 2.10. The number of amides is 1. The van der Waals surface area contributed by atoms with Gasteiger partial charge in [-0.2, -0.15) is 8.96 Å². The molecule has 1 amide bonds. The number of imidazole rings is 1. The Kier molecular flexibility index (Phi) is 8.52. The molecule has 2 aromatic carbocycles. The molecule has 0 N–H and O–H groups in total. The maximum Gasteiger partial charge on any atom is 0.338 e. The summed E-state index contributed by atoms with van der Waals surface area (Å²) in [5.74, 6) is 0.854. The number of pyridine rings is 1. The SMILES string of the molecule is COc1ccc2c(c1)nc([S+]([O-])Cc1ncc(C)c(OC)c1C)n2S(=O)(=O)c1ccc(C=CC(=O)N(C)C)cc1. The topological polar surface area (TPSA) is 127 Å². The smallest absolute Gasteiger partial charge is 0.338 e. The molecule has 1 atom stereocenters. The third-order valence-electron chi connectivity index (χ3n) is 6.29. The van der Waals surface area contributed by atoms with E-state index in [1.165, 1.54) is 30.2 Å². The molecule has 12 heteroatoms. The Morgan fingerprint density at radius 3 is 2.42 bits per heavy atom. The lowest BCUT2D eigenvalue weighted by molar-refractivity contribution is -0.123. The highest BCUT2D eigenvalue weighted by Crippen LogP contribution is 2.31. The minimum atomic E-state index is -4.22. The second kappa shape index (κ2) is 11.7. The standard InChI is InChI=1S/C28H30N4O6S2/c1-18-16-29-24(19(2)27(18)38-6)17-39(34)28-30-23-15-21(37-5)10-13-25(23)32(28)40(35,36)22-11-7-20(8-12-22)9-14-26(33)31(3)4/h7-16H,17H2,1-6H3. The normalized spacial score (nSPS) is 12.6. The van der Waals surface area contributed by atoms with E-state index < -0.39 is 21.2 Å². The van der Waals surface area contributed by atoms with Crippen LogP contribution in [0, 0.1) is 13.8 Å². The van der Waals surface area contributed by atoms with Gasteiger partial charge in [0.15, 0.2) is 5.75 Å². The van der Waals surface area contributed by atoms with Crippen LogP contribution in [-0.4, -0.2) is 66.0 Å². The number of ether oxygens (including phenoxy) is 2. The molecule has 0 aliphatic carbocycles. The van der Waals surface area contributed by atoms with E-state index in [9.17, 15) is 17.8 Å². The lowest BCUT2D eigenvalue weighted by Gasteiger charge is -2.15. The molecule has 4 rings (SSSR count). The fourth-order valence-corrected chi connectivity index (χ4v) is 7.14. The second-order valence-electron chi connectivity index (χ2n) is 9.19. The second-order valence-corrected chi connectivity index (χ2v) is 12.3. The molecule has 0 aliphatic heterocycles. The summed E-state index contributed by atoms with van der Waals surface area (Å²) in [4.78, 5) is 22.2. The molecule has 0 radical (unpaired) electrons. The summed E-state index contributed by atoms with van der Waals surface area (Å²) in [6.45, 7) is 3.68. The molecule has 40 heavy (non-hydrogen) atoms. The molecule has 0 saturated heterocycles. The summed E-state index contributed by atoms with van der Waals surface area (Å²) >= 11 is -1.89. The number of likely N-dealkylation sites (N-methyl/N-ethyl adjacent to an activating group) is 1. The fraction of sp³-hybridized carbons (Fsp3) is 0.250. The zero-order chi connectivity index (χ0) is 29.2. The first kappa shape index (κ1) is 29.1. The minimum absolute atomic E-state index is 0.0248. The summed E-state index contributed by atoms with van der Waals surface area (Å²) in [6, 6.07) is 10.8. The highest BCUT2D eigenvalue weighted by molar-refractivity contribution is 7.93. The van der Waals surface area contributed by atoms with E-state index in [0.29, 0.717) is 28.3 Å². The minimum Gasteiger partial charge on any atom is -0.609 e. The summed E-state index contributed by atoms with van der Waals surface area (Å²) < 4.78 is 53.4. The largest absolute Gasteiger partial charge is 0.609 e. The van der Waals surface area contributed by atoms with Gasteiger partial charge in [-0.3, -0.25) is 9.78 Å². The molecule has 0 bridgehead atoms. The van der Waals surface area contributed by atoms with Crippen molar-refractivity contribution in [2.75, 3.05) is 28.3 Å². The molecule has 0 fully saturated rings. The van der Waals surface area contributed by atoms with Gasteiger partial charge in [-0.25, -0.2) is 8.42 Å². The molecule has 0 aliphatic rings. The third-order valence-corrected chi connectivity index (χ3v) is 9.34. The molecule has 0 spiro atoms. The van der Waals surface area contributed by atoms with Crippen LogP contribution in [0.25, 0.3) is 17.1 Å². The van der Waals surface area contributed by atoms with Crippen molar-refractivity contribution in [1.82, 2.24) is 18.8 Å². The van der Waals surface area contributed by atoms with Crippen LogP contribution < -0.4 is 9.47 Å². The van der Waals surface area contributed by atoms with Crippen molar-refractivity contribution in [3.05, 3.63) is 77.1 Å². The molecule has 210 valence electrons. The predicted octanol–water partition coefficient (Wildman–Crippen LogP) is 3.71. The number of fused-ring (bicyclic) bond motifs is 1. The van der Waals surface area contributed by atoms with Crippen molar-refractivity contribution in [2.24, 2.45) is 0 Å². The molecule has 10 nitrogen and oxygen atoms in total. The number of nitrogens with zero attached hydrogens (tertiary/aromatic N) is 4. The number of methoxy groups -OCH3 is 2. The Hall–Kier alpha value is -3.87. The maximum atomic E-state index is 14.0. The van der Waals surface area contributed by atoms with Crippen LogP contribution in [-0.2, 0) is 31.7 Å². The molecule has 2 aromatic heterocycles. The summed E-state index contributed by atoms with van der Waals surface area (Å²) in [5.41, 5.74) is 3.29. The van der Waals surface area contributed by atoms with Gasteiger partial charge in [0.25, 0.3) is 10.0 Å². The van der Waals surface area contributed by atoms with Crippen molar-refractivity contribution in [2.45, 2.75) is 29.7 Å². The Morgan fingerprint density at radius 2 is 1.80 bits per heavy atom. The van der Waals surface area contributed by atoms with Crippen molar-refractivity contribution < 1.29 is 27.2 Å². The van der Waals surface area contributed by atoms with E-state index in [1.54, 1.807) is 63.8 Å². The lowest BCUT2D eigenvalue weighted by atomic mass is 10.1. The number of benzene rings is 2. The van der Waals surface area contributed by atoms with E-state index in [0.717, 1.165) is 15.1 Å². The highest BCUT2D eigenvalue weighted by Gasteiger charge is 2.32. The molecule has 2 heterocycles. The van der Waals surface area contributed by atoms with Crippen LogP contribution in [0.2, 0.25) is 0 Å². The third kappa shape index (κ3) is 5.69. The highest BCUT2D eigenvalue weighted by atomic mass is 32.2. The van der Waals surface area contributed by atoms with Crippen molar-refractivity contribution in [3.63, 3.8) is 0 Å². The number of carbonyl (C=O) groups excluding carboxylic acids is 1. The average molecular weight is 583 g/mol. The predicted molar refractivity (Wildman–Crippen MR) is 153 cm³/mol. The van der Waals surface area contributed by atoms with Gasteiger partial charge in [0.05, 0.1) is 35.8 Å². The van der Waals surface area contributed by atoms with Crippen molar-refractivity contribution in [3.8, 4) is 11.5 Å². The van der Waals surface area contributed by atoms with Crippen LogP contribution >= 0.6 is 0 Å². The maximum absolute atomic E-state index is 14.0. The number of hydrogen-bond donors (Lipinski definition) is 0. The van der Waals surface area contributed by atoms with Crippen LogP contribution in [0.4, 0.5) is 0 Å². The van der Waals surface area contributed by atoms with E-state index in [2.05, 4.69) is 9.97 Å². The summed E-state index contributed by atoms with van der Waals surface area (Å²) in [5, 5.41) is -0.135. The molecular formula is C28H30N4O6S2. The number of aryl methyl sites for hydroxylation is 1. The molecule has 4 aromatic rings. The van der Waals surface area contributed by atoms with Crippen LogP contribution in [0.1, 0.15) is 22.4 Å². The lowest BCUT2D eigenvalue weighted by Crippen LogP contribution is -2.21. The van der Waals surface area contributed by atoms with Gasteiger partial charge in [0.2, 0.25) is 5.91 Å². The van der Waals surface area contributed by atoms with Gasteiger partial charge in [-0.05, 0) is 49.8 Å². The number of carbonyl (C=O) groups is 1. The van der Waals surface area contributed by atoms with Gasteiger partial charge >= 0.3 is 5.16 Å². The van der Waals surface area contributed by atoms with Crippen LogP contribution in [0.3, 0.4) is 0 Å². The number of aromatic nitrogens is 3. The Morgan fingerprint density at radius 1 is 1.10 bits per heavy atom. The van der Waals surface area contributed by atoms with E-state index in [1.807, 2.05) is 13.8 Å². The zero-order valence-electron chi connectivity index (χ0n) is 23.0. The Bertz CT molecular complexity index is 1700. The van der Waals surface area contributed by atoms with E-state index in [4.69, 9.17) is 9.47 Å². The number of rotatable bonds is 9. The molecule has 1 unspecified atom stereocenters. The van der Waals surface area contributed by atoms with E-state index in [-0.39, 0.29) is 27.2 Å². The monoisotopic (exact) mass is 582 g/mol. The van der Waals surface area contributed by atoms with Crippen LogP contribution in [0.5, 0.6) is 11.5 Å². The first-order valence-electron chi connectivity index (χ1n) is 12.2.